The molecule has 0 bridgehead atoms. The molecular weight excluding hydrogens is 192 g/mol. The van der Waals surface area contributed by atoms with Crippen molar-refractivity contribution in [1.82, 2.24) is 9.38 Å². The third-order valence-corrected chi connectivity index (χ3v) is 3.01. The summed E-state index contributed by atoms with van der Waals surface area (Å²) < 4.78 is 1.86. The molecule has 1 N–H and O–H groups in total. The van der Waals surface area contributed by atoms with Crippen LogP contribution in [0.1, 0.15) is 18.5 Å². The lowest BCUT2D eigenvalue weighted by molar-refractivity contribution is -0.140. The first-order chi connectivity index (χ1) is 7.22. The van der Waals surface area contributed by atoms with Crippen molar-refractivity contribution in [2.75, 3.05) is 0 Å². The van der Waals surface area contributed by atoms with Crippen LogP contribution in [-0.2, 0) is 10.2 Å². The fraction of sp³-hybridized carbons (Fsp3) is 0.273. The fourth-order valence-electron chi connectivity index (χ4n) is 1.87. The highest BCUT2D eigenvalue weighted by Crippen LogP contribution is 2.47. The summed E-state index contributed by atoms with van der Waals surface area (Å²) in [6, 6.07) is 5.67. The minimum atomic E-state index is -0.758. The molecule has 0 aliphatic heterocycles. The molecule has 4 nitrogen and oxygen atoms in total. The summed E-state index contributed by atoms with van der Waals surface area (Å²) in [6.07, 6.45) is 5.10. The van der Waals surface area contributed by atoms with Crippen molar-refractivity contribution < 1.29 is 9.90 Å². The lowest BCUT2D eigenvalue weighted by Gasteiger charge is -2.03. The van der Waals surface area contributed by atoms with Gasteiger partial charge in [-0.2, -0.15) is 0 Å². The number of aliphatic carboxylic acids is 1. The van der Waals surface area contributed by atoms with Crippen molar-refractivity contribution in [1.29, 1.82) is 0 Å². The molecule has 0 unspecified atom stereocenters. The molecule has 2 heterocycles. The molecule has 0 atom stereocenters. The number of aromatic nitrogens is 2. The zero-order valence-electron chi connectivity index (χ0n) is 8.05. The summed E-state index contributed by atoms with van der Waals surface area (Å²) in [5.41, 5.74) is 0.785. The lowest BCUT2D eigenvalue weighted by Crippen LogP contribution is -2.19. The number of hydrogen-bond donors (Lipinski definition) is 1. The maximum Gasteiger partial charge on any atom is 0.315 e. The van der Waals surface area contributed by atoms with Crippen LogP contribution in [0.3, 0.4) is 0 Å². The molecule has 0 spiro atoms. The second kappa shape index (κ2) is 2.59. The number of pyridine rings is 1. The molecule has 2 aromatic rings. The normalized spacial score (nSPS) is 17.9. The van der Waals surface area contributed by atoms with E-state index in [1.165, 1.54) is 0 Å². The monoisotopic (exact) mass is 202 g/mol. The van der Waals surface area contributed by atoms with E-state index in [9.17, 15) is 4.79 Å². The van der Waals surface area contributed by atoms with Crippen molar-refractivity contribution in [3.63, 3.8) is 0 Å². The average molecular weight is 202 g/mol. The smallest absolute Gasteiger partial charge is 0.315 e. The van der Waals surface area contributed by atoms with Crippen molar-refractivity contribution >= 4 is 11.6 Å². The zero-order chi connectivity index (χ0) is 10.5. The highest BCUT2D eigenvalue weighted by molar-refractivity contribution is 5.84. The zero-order valence-corrected chi connectivity index (χ0v) is 8.05. The highest BCUT2D eigenvalue weighted by Gasteiger charge is 2.53. The van der Waals surface area contributed by atoms with Gasteiger partial charge in [0, 0.05) is 12.4 Å². The first kappa shape index (κ1) is 8.47. The van der Waals surface area contributed by atoms with Crippen LogP contribution in [0.4, 0.5) is 0 Å². The Labute approximate surface area is 86.2 Å². The quantitative estimate of drug-likeness (QED) is 0.801. The molecule has 0 radical (unpaired) electrons. The number of rotatable bonds is 2. The molecule has 1 aliphatic rings. The van der Waals surface area contributed by atoms with Crippen molar-refractivity contribution in [3.05, 3.63) is 36.3 Å². The Kier molecular flexibility index (Phi) is 1.46. The lowest BCUT2D eigenvalue weighted by atomic mass is 10.0. The molecule has 4 heteroatoms. The average Bonchev–Trinajstić information content (AvgIpc) is 2.93. The van der Waals surface area contributed by atoms with Gasteiger partial charge in [-0.1, -0.05) is 6.07 Å². The molecule has 0 amide bonds. The Balaban J connectivity index is 2.17. The van der Waals surface area contributed by atoms with Crippen molar-refractivity contribution in [2.24, 2.45) is 0 Å². The van der Waals surface area contributed by atoms with E-state index in [1.807, 2.05) is 35.0 Å². The second-order valence-electron chi connectivity index (χ2n) is 3.98. The van der Waals surface area contributed by atoms with E-state index in [0.717, 1.165) is 5.65 Å². The van der Waals surface area contributed by atoms with Gasteiger partial charge in [0.15, 0.2) is 0 Å². The molecule has 76 valence electrons. The van der Waals surface area contributed by atoms with Crippen molar-refractivity contribution in [3.8, 4) is 0 Å². The minimum Gasteiger partial charge on any atom is -0.481 e. The molecule has 3 rings (SSSR count). The van der Waals surface area contributed by atoms with Crippen LogP contribution in [0.5, 0.6) is 0 Å². The van der Waals surface area contributed by atoms with E-state index in [-0.39, 0.29) is 0 Å². The van der Waals surface area contributed by atoms with Gasteiger partial charge in [0.2, 0.25) is 0 Å². The predicted octanol–water partition coefficient (Wildman–Crippen LogP) is 1.45. The Morgan fingerprint density at radius 3 is 2.87 bits per heavy atom. The number of hydrogen-bond acceptors (Lipinski definition) is 2. The van der Waals surface area contributed by atoms with E-state index in [4.69, 9.17) is 5.11 Å². The summed E-state index contributed by atoms with van der Waals surface area (Å²) >= 11 is 0. The topological polar surface area (TPSA) is 54.6 Å². The van der Waals surface area contributed by atoms with E-state index in [2.05, 4.69) is 4.98 Å². The molecule has 1 saturated carbocycles. The first-order valence-electron chi connectivity index (χ1n) is 4.90. The minimum absolute atomic E-state index is 0.682. The van der Waals surface area contributed by atoms with Gasteiger partial charge in [-0.15, -0.1) is 0 Å². The van der Waals surface area contributed by atoms with E-state index in [0.29, 0.717) is 18.5 Å². The van der Waals surface area contributed by atoms with Crippen LogP contribution in [0, 0.1) is 0 Å². The van der Waals surface area contributed by atoms with Crippen molar-refractivity contribution in [2.45, 2.75) is 18.3 Å². The third-order valence-electron chi connectivity index (χ3n) is 3.01. The molecule has 2 aromatic heterocycles. The predicted molar refractivity (Wildman–Crippen MR) is 53.7 cm³/mol. The summed E-state index contributed by atoms with van der Waals surface area (Å²) in [6.45, 7) is 0. The van der Waals surface area contributed by atoms with Crippen LogP contribution in [-0.4, -0.2) is 20.5 Å². The number of carboxylic acid groups (broad SMARTS) is 1. The second-order valence-corrected chi connectivity index (χ2v) is 3.98. The fourth-order valence-corrected chi connectivity index (χ4v) is 1.87. The summed E-state index contributed by atoms with van der Waals surface area (Å²) in [4.78, 5) is 15.5. The number of fused-ring (bicyclic) bond motifs is 1. The van der Waals surface area contributed by atoms with E-state index < -0.39 is 11.4 Å². The van der Waals surface area contributed by atoms with Gasteiger partial charge in [-0.3, -0.25) is 4.79 Å². The molecule has 0 aromatic carbocycles. The summed E-state index contributed by atoms with van der Waals surface area (Å²) in [5.74, 6) is -0.758. The first-order valence-corrected chi connectivity index (χ1v) is 4.90. The Morgan fingerprint density at radius 2 is 2.27 bits per heavy atom. The number of imidazole rings is 1. The molecule has 15 heavy (non-hydrogen) atoms. The summed E-state index contributed by atoms with van der Waals surface area (Å²) in [7, 11) is 0. The van der Waals surface area contributed by atoms with Crippen LogP contribution in [0.2, 0.25) is 0 Å². The highest BCUT2D eigenvalue weighted by atomic mass is 16.4. The Bertz CT molecular complexity index is 507. The SMILES string of the molecule is O=C(O)C1(c2cn3ccccc3n2)CC1. The molecular formula is C11H10N2O2. The van der Waals surface area contributed by atoms with Crippen LogP contribution in [0.15, 0.2) is 30.6 Å². The maximum atomic E-state index is 11.1. The number of carbonyl (C=O) groups is 1. The Hall–Kier alpha value is -1.84. The Morgan fingerprint density at radius 1 is 1.47 bits per heavy atom. The van der Waals surface area contributed by atoms with E-state index in [1.54, 1.807) is 0 Å². The standard InChI is InChI=1S/C11H10N2O2/c14-10(15)11(4-5-11)8-7-13-6-2-1-3-9(13)12-8/h1-3,6-7H,4-5H2,(H,14,15). The number of nitrogens with zero attached hydrogens (tertiary/aromatic N) is 2. The van der Waals surface area contributed by atoms with Crippen LogP contribution < -0.4 is 0 Å². The van der Waals surface area contributed by atoms with Gasteiger partial charge in [0.25, 0.3) is 0 Å². The van der Waals surface area contributed by atoms with Gasteiger partial charge in [0.1, 0.15) is 11.1 Å². The van der Waals surface area contributed by atoms with Gasteiger partial charge < -0.3 is 9.51 Å². The van der Waals surface area contributed by atoms with Crippen LogP contribution in [0.25, 0.3) is 5.65 Å². The molecule has 1 fully saturated rings. The maximum absolute atomic E-state index is 11.1. The van der Waals surface area contributed by atoms with Gasteiger partial charge >= 0.3 is 5.97 Å². The summed E-state index contributed by atoms with van der Waals surface area (Å²) in [5, 5.41) is 9.13. The van der Waals surface area contributed by atoms with E-state index >= 15 is 0 Å². The number of carboxylic acids is 1. The van der Waals surface area contributed by atoms with Gasteiger partial charge in [0.05, 0.1) is 5.69 Å². The molecule has 1 aliphatic carbocycles. The van der Waals surface area contributed by atoms with Crippen LogP contribution >= 0.6 is 0 Å². The largest absolute Gasteiger partial charge is 0.481 e. The van der Waals surface area contributed by atoms with Gasteiger partial charge in [-0.25, -0.2) is 4.98 Å². The third kappa shape index (κ3) is 1.08. The molecule has 0 saturated heterocycles. The van der Waals surface area contributed by atoms with Gasteiger partial charge in [-0.05, 0) is 25.0 Å².